The van der Waals surface area contributed by atoms with Gasteiger partial charge in [-0.1, -0.05) is 42.5 Å². The van der Waals surface area contributed by atoms with Gasteiger partial charge in [-0.25, -0.2) is 4.79 Å². The number of fused-ring (bicyclic) bond motifs is 1. The molecule has 2 aromatic carbocycles. The zero-order valence-corrected chi connectivity index (χ0v) is 11.4. The second-order valence-corrected chi connectivity index (χ2v) is 5.56. The summed E-state index contributed by atoms with van der Waals surface area (Å²) in [5.41, 5.74) is 1.05. The van der Waals surface area contributed by atoms with Gasteiger partial charge in [0, 0.05) is 5.41 Å². The van der Waals surface area contributed by atoms with E-state index in [-0.39, 0.29) is 5.75 Å². The van der Waals surface area contributed by atoms with E-state index in [0.29, 0.717) is 16.5 Å². The number of hydrogen-bond donors (Lipinski definition) is 1. The minimum atomic E-state index is -0.437. The Morgan fingerprint density at radius 2 is 1.62 bits per heavy atom. The van der Waals surface area contributed by atoms with E-state index in [1.807, 2.05) is 36.4 Å². The highest BCUT2D eigenvalue weighted by Crippen LogP contribution is 2.55. The molecule has 1 aromatic heterocycles. The fraction of sp³-hybridized carbons (Fsp3) is 0.167. The molecule has 0 aliphatic heterocycles. The fourth-order valence-corrected chi connectivity index (χ4v) is 3.12. The molecule has 0 atom stereocenters. The molecule has 1 aliphatic rings. The van der Waals surface area contributed by atoms with Gasteiger partial charge in [-0.05, 0) is 30.5 Å². The zero-order chi connectivity index (χ0) is 14.4. The van der Waals surface area contributed by atoms with Crippen molar-refractivity contribution in [1.82, 2.24) is 0 Å². The lowest BCUT2D eigenvalue weighted by atomic mass is 9.88. The largest absolute Gasteiger partial charge is 0.507 e. The molecule has 0 radical (unpaired) electrons. The van der Waals surface area contributed by atoms with Gasteiger partial charge in [0.15, 0.2) is 0 Å². The van der Waals surface area contributed by atoms with Crippen molar-refractivity contribution < 1.29 is 9.52 Å². The van der Waals surface area contributed by atoms with E-state index < -0.39 is 11.0 Å². The summed E-state index contributed by atoms with van der Waals surface area (Å²) < 4.78 is 5.41. The molecule has 3 aromatic rings. The van der Waals surface area contributed by atoms with E-state index in [2.05, 4.69) is 0 Å². The molecule has 4 rings (SSSR count). The first-order valence-corrected chi connectivity index (χ1v) is 7.03. The van der Waals surface area contributed by atoms with Gasteiger partial charge in [0.1, 0.15) is 11.3 Å². The van der Waals surface area contributed by atoms with Crippen molar-refractivity contribution in [3.8, 4) is 5.75 Å². The van der Waals surface area contributed by atoms with Crippen LogP contribution in [0.2, 0.25) is 0 Å². The summed E-state index contributed by atoms with van der Waals surface area (Å²) >= 11 is 0. The van der Waals surface area contributed by atoms with Crippen LogP contribution in [0, 0.1) is 0 Å². The number of hydrogen-bond acceptors (Lipinski definition) is 3. The van der Waals surface area contributed by atoms with Crippen molar-refractivity contribution in [1.29, 1.82) is 0 Å². The summed E-state index contributed by atoms with van der Waals surface area (Å²) in [4.78, 5) is 12.4. The Morgan fingerprint density at radius 1 is 0.952 bits per heavy atom. The molecule has 1 aliphatic carbocycles. The monoisotopic (exact) mass is 278 g/mol. The topological polar surface area (TPSA) is 50.4 Å². The first-order valence-electron chi connectivity index (χ1n) is 7.03. The van der Waals surface area contributed by atoms with Crippen molar-refractivity contribution in [2.75, 3.05) is 0 Å². The molecule has 1 saturated carbocycles. The van der Waals surface area contributed by atoms with Crippen LogP contribution in [0.15, 0.2) is 63.8 Å². The van der Waals surface area contributed by atoms with Crippen LogP contribution in [0.1, 0.15) is 24.0 Å². The van der Waals surface area contributed by atoms with E-state index >= 15 is 0 Å². The Labute approximate surface area is 121 Å². The molecule has 1 fully saturated rings. The van der Waals surface area contributed by atoms with E-state index in [4.69, 9.17) is 4.42 Å². The molecular formula is C18H14O3. The van der Waals surface area contributed by atoms with Gasteiger partial charge < -0.3 is 9.52 Å². The van der Waals surface area contributed by atoms with Gasteiger partial charge in [0.25, 0.3) is 0 Å². The summed E-state index contributed by atoms with van der Waals surface area (Å²) in [7, 11) is 0. The predicted molar refractivity (Wildman–Crippen MR) is 80.6 cm³/mol. The Balaban J connectivity index is 2.02. The maximum absolute atomic E-state index is 12.4. The quantitative estimate of drug-likeness (QED) is 0.729. The molecule has 3 heteroatoms. The Morgan fingerprint density at radius 3 is 2.33 bits per heavy atom. The number of para-hydroxylation sites is 1. The molecular weight excluding hydrogens is 264 g/mol. The van der Waals surface area contributed by atoms with E-state index in [1.165, 1.54) is 0 Å². The molecule has 0 saturated heterocycles. The highest BCUT2D eigenvalue weighted by molar-refractivity contribution is 5.84. The van der Waals surface area contributed by atoms with Crippen LogP contribution in [0.3, 0.4) is 0 Å². The van der Waals surface area contributed by atoms with E-state index in [1.54, 1.807) is 18.2 Å². The minimum absolute atomic E-state index is 0.0585. The van der Waals surface area contributed by atoms with Crippen LogP contribution in [0.25, 0.3) is 11.0 Å². The first kappa shape index (κ1) is 12.2. The summed E-state index contributed by atoms with van der Waals surface area (Å²) in [5.74, 6) is 0.0585. The lowest BCUT2D eigenvalue weighted by Crippen LogP contribution is -2.19. The predicted octanol–water partition coefficient (Wildman–Crippen LogP) is 3.58. The number of rotatable bonds is 2. The van der Waals surface area contributed by atoms with Crippen LogP contribution in [0.5, 0.6) is 5.75 Å². The van der Waals surface area contributed by atoms with Gasteiger partial charge in [0.2, 0.25) is 0 Å². The maximum atomic E-state index is 12.4. The molecule has 3 nitrogen and oxygen atoms in total. The van der Waals surface area contributed by atoms with E-state index in [9.17, 15) is 9.90 Å². The van der Waals surface area contributed by atoms with Gasteiger partial charge in [-0.3, -0.25) is 0 Å². The highest BCUT2D eigenvalue weighted by Gasteiger charge is 2.50. The average molecular weight is 278 g/mol. The molecule has 0 amide bonds. The van der Waals surface area contributed by atoms with Crippen LogP contribution < -0.4 is 5.63 Å². The lowest BCUT2D eigenvalue weighted by molar-refractivity contribution is 0.449. The van der Waals surface area contributed by atoms with Crippen LogP contribution >= 0.6 is 0 Å². The summed E-state index contributed by atoms with van der Waals surface area (Å²) in [5, 5.41) is 11.2. The Hall–Kier alpha value is -2.55. The second kappa shape index (κ2) is 4.22. The van der Waals surface area contributed by atoms with Gasteiger partial charge in [-0.15, -0.1) is 0 Å². The second-order valence-electron chi connectivity index (χ2n) is 5.56. The Kier molecular flexibility index (Phi) is 2.45. The fourth-order valence-electron chi connectivity index (χ4n) is 3.12. The van der Waals surface area contributed by atoms with Crippen molar-refractivity contribution in [2.45, 2.75) is 18.3 Å². The van der Waals surface area contributed by atoms with Crippen molar-refractivity contribution in [3.63, 3.8) is 0 Å². The molecule has 0 spiro atoms. The summed E-state index contributed by atoms with van der Waals surface area (Å²) in [6, 6.07) is 16.9. The normalized spacial score (nSPS) is 16.0. The summed E-state index contributed by atoms with van der Waals surface area (Å²) in [6.45, 7) is 0. The molecule has 0 unspecified atom stereocenters. The third kappa shape index (κ3) is 1.70. The van der Waals surface area contributed by atoms with Crippen molar-refractivity contribution in [2.24, 2.45) is 0 Å². The third-order valence-corrected chi connectivity index (χ3v) is 4.34. The summed E-state index contributed by atoms with van der Waals surface area (Å²) in [6.07, 6.45) is 1.71. The standard InChI is InChI=1S/C18H14O3/c19-16-13-8-4-5-9-14(13)21-17(20)15(16)18(10-11-18)12-6-2-1-3-7-12/h1-9,19H,10-11H2. The van der Waals surface area contributed by atoms with Crippen LogP contribution in [-0.2, 0) is 5.41 Å². The van der Waals surface area contributed by atoms with E-state index in [0.717, 1.165) is 18.4 Å². The minimum Gasteiger partial charge on any atom is -0.507 e. The molecule has 21 heavy (non-hydrogen) atoms. The average Bonchev–Trinajstić information content (AvgIpc) is 3.30. The molecule has 1 heterocycles. The van der Waals surface area contributed by atoms with Crippen molar-refractivity contribution in [3.05, 3.63) is 76.1 Å². The lowest BCUT2D eigenvalue weighted by Gasteiger charge is -2.17. The first-order chi connectivity index (χ1) is 10.2. The zero-order valence-electron chi connectivity index (χ0n) is 11.4. The highest BCUT2D eigenvalue weighted by atomic mass is 16.4. The van der Waals surface area contributed by atoms with Crippen LogP contribution in [-0.4, -0.2) is 5.11 Å². The van der Waals surface area contributed by atoms with Gasteiger partial charge >= 0.3 is 5.63 Å². The van der Waals surface area contributed by atoms with Gasteiger partial charge in [-0.2, -0.15) is 0 Å². The van der Waals surface area contributed by atoms with Crippen LogP contribution in [0.4, 0.5) is 0 Å². The SMILES string of the molecule is O=c1oc2ccccc2c(O)c1C1(c2ccccc2)CC1. The Bertz CT molecular complexity index is 874. The maximum Gasteiger partial charge on any atom is 0.344 e. The number of aromatic hydroxyl groups is 1. The third-order valence-electron chi connectivity index (χ3n) is 4.34. The molecule has 1 N–H and O–H groups in total. The van der Waals surface area contributed by atoms with Gasteiger partial charge in [0.05, 0.1) is 10.9 Å². The molecule has 0 bridgehead atoms. The van der Waals surface area contributed by atoms with Crippen molar-refractivity contribution >= 4 is 11.0 Å². The smallest absolute Gasteiger partial charge is 0.344 e. The number of benzene rings is 2. The molecule has 104 valence electrons.